The van der Waals surface area contributed by atoms with E-state index in [1.165, 1.54) is 52.0 Å². The van der Waals surface area contributed by atoms with E-state index in [4.69, 9.17) is 33.5 Å². The minimum atomic E-state index is -5.24. The number of carbonyl (C=O) groups excluding carboxylic acids is 2. The molecule has 2 aromatic rings. The van der Waals surface area contributed by atoms with E-state index in [-0.39, 0.29) is 124 Å². The van der Waals surface area contributed by atoms with Gasteiger partial charge in [-0.1, -0.05) is 90.9 Å². The second-order valence-electron chi connectivity index (χ2n) is 31.8. The molecule has 2 aliphatic heterocycles. The Morgan fingerprint density at radius 2 is 1.23 bits per heavy atom. The SMILES string of the molecule is COC1/C=C\C(C)CCC(O)CC(O)CCCC(O)CCCCC(C)C(OS(=O)(=O)O)C(NC(=O)/C(C)=C/C(C)C(O)CC(O)CC(O)CCCC(O)CC(O)CC(O)CC2OC(c3csc(CCCCCCCCC(C)N)n3)CCC2C)C(C)OC(=O)c2coc(n2)CCCC(O)CC(O)CCCC(O)C1. The fraction of sp³-hybridized carbons (Fsp3) is 0.848. The van der Waals surface area contributed by atoms with Gasteiger partial charge in [0.2, 0.25) is 5.91 Å². The minimum absolute atomic E-state index is 0.0190. The number of aromatic nitrogens is 2. The molecule has 2 bridgehead atoms. The molecule has 2 aliphatic rings. The van der Waals surface area contributed by atoms with Crippen LogP contribution in [0.5, 0.6) is 0 Å². The maximum Gasteiger partial charge on any atom is 0.397 e. The van der Waals surface area contributed by atoms with Crippen molar-refractivity contribution < 1.29 is 107 Å². The number of amides is 1. The summed E-state index contributed by atoms with van der Waals surface area (Å²) in [5.41, 5.74) is 6.57. The lowest BCUT2D eigenvalue weighted by molar-refractivity contribution is -0.120. The molecule has 1 fully saturated rings. The molecule has 0 spiro atoms. The van der Waals surface area contributed by atoms with Crippen LogP contribution in [0, 0.1) is 23.7 Å². The van der Waals surface area contributed by atoms with E-state index in [1.54, 1.807) is 32.3 Å². The molecule has 1 saturated heterocycles. The van der Waals surface area contributed by atoms with Crippen LogP contribution in [0.2, 0.25) is 0 Å². The summed E-state index contributed by atoms with van der Waals surface area (Å²) in [4.78, 5) is 37.2. The first-order chi connectivity index (χ1) is 50.7. The number of cyclic esters (lactones) is 1. The predicted octanol–water partition coefficient (Wildman–Crippen LogP) is 9.59. The van der Waals surface area contributed by atoms with Crippen molar-refractivity contribution in [2.24, 2.45) is 29.4 Å². The molecule has 23 unspecified atom stereocenters. The number of oxazole rings is 1. The highest BCUT2D eigenvalue weighted by molar-refractivity contribution is 7.80. The molecule has 2 aromatic heterocycles. The summed E-state index contributed by atoms with van der Waals surface area (Å²) >= 11 is 1.67. The van der Waals surface area contributed by atoms with Gasteiger partial charge in [-0.25, -0.2) is 18.9 Å². The third-order valence-electron chi connectivity index (χ3n) is 21.3. The quantitative estimate of drug-likeness (QED) is 0.0110. The molecular formula is C79H140N4O22S2. The van der Waals surface area contributed by atoms with Crippen LogP contribution in [0.15, 0.2) is 39.9 Å². The van der Waals surface area contributed by atoms with Crippen LogP contribution in [0.25, 0.3) is 0 Å². The zero-order chi connectivity index (χ0) is 79.2. The van der Waals surface area contributed by atoms with E-state index in [2.05, 4.69) is 29.5 Å². The number of unbranched alkanes of at least 4 members (excludes halogenated alkanes) is 5. The number of methoxy groups -OCH3 is 1. The van der Waals surface area contributed by atoms with Gasteiger partial charge in [-0.15, -0.1) is 11.3 Å². The van der Waals surface area contributed by atoms with Crippen molar-refractivity contribution in [1.82, 2.24) is 15.3 Å². The fourth-order valence-electron chi connectivity index (χ4n) is 14.6. The minimum Gasteiger partial charge on any atom is -0.456 e. The number of nitrogens with one attached hydrogen (secondary N) is 1. The number of aryl methyl sites for hydroxylation is 2. The van der Waals surface area contributed by atoms with Crippen molar-refractivity contribution in [3.05, 3.63) is 57.7 Å². The Morgan fingerprint density at radius 3 is 1.87 bits per heavy atom. The Morgan fingerprint density at radius 1 is 0.664 bits per heavy atom. The number of carbonyl (C=O) groups is 2. The van der Waals surface area contributed by atoms with Crippen molar-refractivity contribution in [2.45, 2.75) is 395 Å². The number of fused-ring (bicyclic) bond motifs is 2. The Labute approximate surface area is 642 Å². The van der Waals surface area contributed by atoms with Gasteiger partial charge in [0.1, 0.15) is 24.6 Å². The van der Waals surface area contributed by atoms with Crippen LogP contribution in [0.3, 0.4) is 0 Å². The van der Waals surface area contributed by atoms with Crippen LogP contribution in [-0.2, 0) is 46.4 Å². The molecular weight excluding hydrogens is 1420 g/mol. The number of rotatable bonds is 31. The molecule has 4 heterocycles. The summed E-state index contributed by atoms with van der Waals surface area (Å²) < 4.78 is 64.3. The number of nitrogens with zero attached hydrogens (tertiary/aromatic N) is 2. The van der Waals surface area contributed by atoms with Crippen LogP contribution in [0.1, 0.15) is 300 Å². The number of hydrogen-bond donors (Lipinski definition) is 15. The van der Waals surface area contributed by atoms with Gasteiger partial charge in [0, 0.05) is 42.9 Å². The average Bonchev–Trinajstić information content (AvgIpc) is 1.73. The first kappa shape index (κ1) is 95.9. The summed E-state index contributed by atoms with van der Waals surface area (Å²) in [6.07, 6.45) is 10.1. The van der Waals surface area contributed by atoms with Gasteiger partial charge in [0.15, 0.2) is 11.6 Å². The second-order valence-corrected chi connectivity index (χ2v) is 33.8. The van der Waals surface area contributed by atoms with Crippen LogP contribution in [-0.4, -0.2) is 213 Å². The Hall–Kier alpha value is -3.47. The molecule has 26 nitrogen and oxygen atoms in total. The highest BCUT2D eigenvalue weighted by Gasteiger charge is 2.40. The molecule has 28 heteroatoms. The van der Waals surface area contributed by atoms with Gasteiger partial charge in [-0.3, -0.25) is 9.35 Å². The van der Waals surface area contributed by atoms with Gasteiger partial charge < -0.3 is 91.0 Å². The molecule has 0 aromatic carbocycles. The molecule has 0 radical (unpaired) electrons. The number of allylic oxidation sites excluding steroid dienone is 1. The molecule has 23 atom stereocenters. The molecule has 4 rings (SSSR count). The normalized spacial score (nSPS) is 30.0. The van der Waals surface area contributed by atoms with E-state index in [0.717, 1.165) is 49.1 Å². The van der Waals surface area contributed by atoms with Crippen molar-refractivity contribution in [2.75, 3.05) is 7.11 Å². The number of ether oxygens (including phenoxy) is 3. The lowest BCUT2D eigenvalue weighted by Gasteiger charge is -2.35. The van der Waals surface area contributed by atoms with Crippen LogP contribution in [0.4, 0.5) is 0 Å². The molecule has 0 aliphatic carbocycles. The largest absolute Gasteiger partial charge is 0.456 e. The number of hydrogen-bond acceptors (Lipinski definition) is 25. The van der Waals surface area contributed by atoms with Gasteiger partial charge in [0.25, 0.3) is 0 Å². The predicted molar refractivity (Wildman–Crippen MR) is 410 cm³/mol. The van der Waals surface area contributed by atoms with Gasteiger partial charge in [-0.2, -0.15) is 8.42 Å². The number of aliphatic hydroxyl groups excluding tert-OH is 12. The molecule has 0 saturated carbocycles. The monoisotopic (exact) mass is 1560 g/mol. The standard InChI is InChI=1S/C79H140N4O22S2/c1-50-33-36-64(91)41-59(86)25-17-24-57(84)23-16-15-21-52(3)77(105-107(98,99)100)76(56(7)103-79(97)69-48-102-74(81-69)31-20-30-60(87)40-58(85)26-19-29-63(90)45-68(101-8)37-34-50)83-78(96)54(5)39-53(4)71(95)46-66(93)43-62(89)28-18-27-61(88)42-65(92)44-67(94)47-73-51(2)35-38-72(104-73)70-49-106-75(82-70)32-14-12-10-9-11-13-22-55(6)80/h34,37,39,48-53,55-68,71-73,76-77,84-95H,9-33,35-36,38,40-47,80H2,1-8H3,(H,83,96)(H,98,99,100)/b37-34-,54-39+. The Bertz CT molecular complexity index is 2890. The maximum atomic E-state index is 14.2. The summed E-state index contributed by atoms with van der Waals surface area (Å²) in [6.45, 7) is 12.2. The van der Waals surface area contributed by atoms with Crippen molar-refractivity contribution in [3.63, 3.8) is 0 Å². The van der Waals surface area contributed by atoms with Gasteiger partial charge in [0.05, 0.1) is 102 Å². The smallest absolute Gasteiger partial charge is 0.397 e. The summed E-state index contributed by atoms with van der Waals surface area (Å²) in [5, 5.41) is 137. The molecule has 620 valence electrons. The van der Waals surface area contributed by atoms with E-state index >= 15 is 0 Å². The van der Waals surface area contributed by atoms with Crippen molar-refractivity contribution >= 4 is 33.6 Å². The number of thiazole rings is 1. The van der Waals surface area contributed by atoms with Gasteiger partial charge >= 0.3 is 16.4 Å². The Kier molecular flexibility index (Phi) is 46.6. The zero-order valence-corrected chi connectivity index (χ0v) is 67.0. The maximum absolute atomic E-state index is 14.2. The first-order valence-corrected chi connectivity index (χ1v) is 42.4. The first-order valence-electron chi connectivity index (χ1n) is 40.2. The molecule has 16 N–H and O–H groups in total. The van der Waals surface area contributed by atoms with Crippen molar-refractivity contribution in [3.8, 4) is 0 Å². The highest BCUT2D eigenvalue weighted by atomic mass is 32.3. The van der Waals surface area contributed by atoms with Crippen LogP contribution < -0.4 is 11.1 Å². The third-order valence-corrected chi connectivity index (χ3v) is 22.7. The van der Waals surface area contributed by atoms with E-state index in [0.29, 0.717) is 96.3 Å². The number of esters is 1. The zero-order valence-electron chi connectivity index (χ0n) is 65.4. The number of aliphatic hydroxyl groups is 12. The summed E-state index contributed by atoms with van der Waals surface area (Å²) in [5.74, 6) is -2.94. The highest BCUT2D eigenvalue weighted by Crippen LogP contribution is 2.38. The van der Waals surface area contributed by atoms with E-state index in [9.17, 15) is 83.8 Å². The summed E-state index contributed by atoms with van der Waals surface area (Å²) in [7, 11) is -3.68. The lowest BCUT2D eigenvalue weighted by Crippen LogP contribution is -2.55. The van der Waals surface area contributed by atoms with E-state index in [1.807, 2.05) is 19.1 Å². The molecule has 1 amide bonds. The third kappa shape index (κ3) is 41.2. The topological polar surface area (TPSA) is 445 Å². The van der Waals surface area contributed by atoms with Gasteiger partial charge in [-0.05, 0) is 212 Å². The Balaban J connectivity index is 1.32. The average molecular weight is 1560 g/mol. The lowest BCUT2D eigenvalue weighted by atomic mass is 9.88. The van der Waals surface area contributed by atoms with Crippen LogP contribution >= 0.6 is 11.3 Å². The van der Waals surface area contributed by atoms with Crippen molar-refractivity contribution in [1.29, 1.82) is 0 Å². The molecule has 107 heavy (non-hydrogen) atoms. The summed E-state index contributed by atoms with van der Waals surface area (Å²) in [6, 6.07) is -1.21. The van der Waals surface area contributed by atoms with E-state index < -0.39 is 126 Å². The second kappa shape index (κ2) is 52.0. The fourth-order valence-corrected chi connectivity index (χ4v) is 16.1. The number of nitrogens with two attached hydrogens (primary N) is 1.